The van der Waals surface area contributed by atoms with Gasteiger partial charge in [-0.25, -0.2) is 4.39 Å². The highest BCUT2D eigenvalue weighted by Crippen LogP contribution is 2.27. The van der Waals surface area contributed by atoms with Crippen LogP contribution in [-0.2, 0) is 12.1 Å². The van der Waals surface area contributed by atoms with E-state index < -0.39 is 5.54 Å². The predicted octanol–water partition coefficient (Wildman–Crippen LogP) is 3.65. The minimum atomic E-state index is -0.808. The number of halogens is 2. The standard InChI is InChI=1S/C14H15BrFNOS/c1-14(9-18,17-8-11-3-2-6-19-11)12-7-10(15)4-5-13(12)16/h2-7,17-18H,8-9H2,1H3. The van der Waals surface area contributed by atoms with Crippen molar-refractivity contribution in [2.75, 3.05) is 6.61 Å². The zero-order chi connectivity index (χ0) is 13.9. The van der Waals surface area contributed by atoms with E-state index in [0.717, 1.165) is 9.35 Å². The highest BCUT2D eigenvalue weighted by molar-refractivity contribution is 9.10. The van der Waals surface area contributed by atoms with Crippen molar-refractivity contribution >= 4 is 27.3 Å². The van der Waals surface area contributed by atoms with Gasteiger partial charge in [0.2, 0.25) is 0 Å². The average Bonchev–Trinajstić information content (AvgIpc) is 2.92. The van der Waals surface area contributed by atoms with Gasteiger partial charge >= 0.3 is 0 Å². The summed E-state index contributed by atoms with van der Waals surface area (Å²) in [5.74, 6) is -0.321. The quantitative estimate of drug-likeness (QED) is 0.868. The van der Waals surface area contributed by atoms with Crippen LogP contribution in [0.3, 0.4) is 0 Å². The lowest BCUT2D eigenvalue weighted by atomic mass is 9.92. The molecule has 1 aromatic heterocycles. The Morgan fingerprint density at radius 1 is 1.42 bits per heavy atom. The largest absolute Gasteiger partial charge is 0.394 e. The van der Waals surface area contributed by atoms with Crippen molar-refractivity contribution in [1.82, 2.24) is 5.32 Å². The van der Waals surface area contributed by atoms with E-state index in [1.54, 1.807) is 30.4 Å². The Kier molecular flexibility index (Phi) is 4.73. The highest BCUT2D eigenvalue weighted by Gasteiger charge is 2.28. The van der Waals surface area contributed by atoms with Crippen LogP contribution >= 0.6 is 27.3 Å². The van der Waals surface area contributed by atoms with Crippen LogP contribution in [0.25, 0.3) is 0 Å². The molecule has 0 radical (unpaired) electrons. The van der Waals surface area contributed by atoms with Gasteiger partial charge in [-0.15, -0.1) is 11.3 Å². The minimum absolute atomic E-state index is 0.175. The van der Waals surface area contributed by atoms with Crippen molar-refractivity contribution in [3.8, 4) is 0 Å². The molecule has 2 nitrogen and oxygen atoms in total. The molecular weight excluding hydrogens is 329 g/mol. The van der Waals surface area contributed by atoms with Gasteiger partial charge in [-0.05, 0) is 36.6 Å². The molecule has 0 aliphatic rings. The molecule has 1 aromatic carbocycles. The van der Waals surface area contributed by atoms with Crippen molar-refractivity contribution in [1.29, 1.82) is 0 Å². The molecule has 19 heavy (non-hydrogen) atoms. The van der Waals surface area contributed by atoms with Gasteiger partial charge in [0.05, 0.1) is 12.1 Å². The van der Waals surface area contributed by atoms with Gasteiger partial charge in [0, 0.05) is 21.5 Å². The van der Waals surface area contributed by atoms with Crippen molar-refractivity contribution < 1.29 is 9.50 Å². The second-order valence-corrected chi connectivity index (χ2v) is 6.50. The Hall–Kier alpha value is -0.750. The maximum Gasteiger partial charge on any atom is 0.128 e. The van der Waals surface area contributed by atoms with Crippen LogP contribution in [0.2, 0.25) is 0 Å². The van der Waals surface area contributed by atoms with Gasteiger partial charge in [-0.3, -0.25) is 0 Å². The van der Waals surface area contributed by atoms with Gasteiger partial charge < -0.3 is 10.4 Å². The first-order chi connectivity index (χ1) is 9.05. The fourth-order valence-electron chi connectivity index (χ4n) is 1.85. The summed E-state index contributed by atoms with van der Waals surface area (Å²) in [4.78, 5) is 1.15. The zero-order valence-corrected chi connectivity index (χ0v) is 12.9. The van der Waals surface area contributed by atoms with E-state index in [1.807, 2.05) is 17.5 Å². The zero-order valence-electron chi connectivity index (χ0n) is 10.5. The van der Waals surface area contributed by atoms with Gasteiger partial charge in [-0.2, -0.15) is 0 Å². The monoisotopic (exact) mass is 343 g/mol. The topological polar surface area (TPSA) is 32.3 Å². The molecule has 0 aliphatic carbocycles. The molecule has 0 saturated carbocycles. The van der Waals surface area contributed by atoms with Crippen LogP contribution in [0.15, 0.2) is 40.2 Å². The Balaban J connectivity index is 2.23. The molecule has 1 unspecified atom stereocenters. The lowest BCUT2D eigenvalue weighted by molar-refractivity contribution is 0.170. The fourth-order valence-corrected chi connectivity index (χ4v) is 2.86. The molecule has 0 spiro atoms. The van der Waals surface area contributed by atoms with Crippen molar-refractivity contribution in [2.24, 2.45) is 0 Å². The maximum atomic E-state index is 13.9. The predicted molar refractivity (Wildman–Crippen MR) is 79.7 cm³/mol. The second kappa shape index (κ2) is 6.13. The molecule has 0 saturated heterocycles. The smallest absolute Gasteiger partial charge is 0.128 e. The lowest BCUT2D eigenvalue weighted by Gasteiger charge is -2.30. The van der Waals surface area contributed by atoms with Crippen LogP contribution < -0.4 is 5.32 Å². The van der Waals surface area contributed by atoms with Gasteiger partial charge in [0.1, 0.15) is 5.82 Å². The van der Waals surface area contributed by atoms with E-state index in [4.69, 9.17) is 0 Å². The highest BCUT2D eigenvalue weighted by atomic mass is 79.9. The normalized spacial score (nSPS) is 14.3. The number of aliphatic hydroxyl groups excluding tert-OH is 1. The number of aliphatic hydroxyl groups is 1. The molecule has 0 bridgehead atoms. The number of nitrogens with one attached hydrogen (secondary N) is 1. The first-order valence-corrected chi connectivity index (χ1v) is 7.56. The molecule has 2 N–H and O–H groups in total. The number of hydrogen-bond acceptors (Lipinski definition) is 3. The van der Waals surface area contributed by atoms with Crippen molar-refractivity contribution in [3.63, 3.8) is 0 Å². The summed E-state index contributed by atoms with van der Waals surface area (Å²) in [5, 5.41) is 14.9. The van der Waals surface area contributed by atoms with Crippen LogP contribution in [-0.4, -0.2) is 11.7 Å². The minimum Gasteiger partial charge on any atom is -0.394 e. The summed E-state index contributed by atoms with van der Waals surface area (Å²) < 4.78 is 14.7. The van der Waals surface area contributed by atoms with Crippen molar-refractivity contribution in [2.45, 2.75) is 19.0 Å². The third-order valence-corrected chi connectivity index (χ3v) is 4.44. The molecule has 0 aliphatic heterocycles. The molecular formula is C14H15BrFNOS. The number of benzene rings is 1. The second-order valence-electron chi connectivity index (χ2n) is 4.55. The van der Waals surface area contributed by atoms with E-state index in [9.17, 15) is 9.50 Å². The summed E-state index contributed by atoms with van der Waals surface area (Å²) >= 11 is 4.96. The van der Waals surface area contributed by atoms with E-state index in [2.05, 4.69) is 21.2 Å². The van der Waals surface area contributed by atoms with Crippen molar-refractivity contribution in [3.05, 3.63) is 56.4 Å². The molecule has 1 heterocycles. The third kappa shape index (κ3) is 3.42. The Morgan fingerprint density at radius 3 is 2.84 bits per heavy atom. The van der Waals surface area contributed by atoms with E-state index in [1.165, 1.54) is 6.07 Å². The number of thiophene rings is 1. The Bertz CT molecular complexity index is 546. The molecule has 0 amide bonds. The van der Waals surface area contributed by atoms with Crippen LogP contribution in [0.1, 0.15) is 17.4 Å². The molecule has 5 heteroatoms. The average molecular weight is 344 g/mol. The Morgan fingerprint density at radius 2 is 2.21 bits per heavy atom. The molecule has 2 rings (SSSR count). The van der Waals surface area contributed by atoms with Crippen LogP contribution in [0.5, 0.6) is 0 Å². The molecule has 1 atom stereocenters. The Labute approximate surface area is 124 Å². The summed E-state index contributed by atoms with van der Waals surface area (Å²) in [6.45, 7) is 2.22. The first-order valence-electron chi connectivity index (χ1n) is 5.89. The summed E-state index contributed by atoms with van der Waals surface area (Å²) in [6, 6.07) is 8.73. The summed E-state index contributed by atoms with van der Waals surface area (Å²) in [6.07, 6.45) is 0. The summed E-state index contributed by atoms with van der Waals surface area (Å²) in [5.41, 5.74) is -0.348. The van der Waals surface area contributed by atoms with Crippen LogP contribution in [0, 0.1) is 5.82 Å². The van der Waals surface area contributed by atoms with Gasteiger partial charge in [0.25, 0.3) is 0 Å². The SMILES string of the molecule is CC(CO)(NCc1cccs1)c1cc(Br)ccc1F. The molecule has 2 aromatic rings. The number of rotatable bonds is 5. The molecule has 102 valence electrons. The van der Waals surface area contributed by atoms with E-state index >= 15 is 0 Å². The van der Waals surface area contributed by atoms with E-state index in [-0.39, 0.29) is 12.4 Å². The van der Waals surface area contributed by atoms with Gasteiger partial charge in [0.15, 0.2) is 0 Å². The fraction of sp³-hybridized carbons (Fsp3) is 0.286. The van der Waals surface area contributed by atoms with E-state index in [0.29, 0.717) is 12.1 Å². The first kappa shape index (κ1) is 14.7. The lowest BCUT2D eigenvalue weighted by Crippen LogP contribution is -2.43. The van der Waals surface area contributed by atoms with Crippen LogP contribution in [0.4, 0.5) is 4.39 Å². The maximum absolute atomic E-state index is 13.9. The third-order valence-electron chi connectivity index (χ3n) is 3.07. The molecule has 0 fully saturated rings. The van der Waals surface area contributed by atoms with Gasteiger partial charge in [-0.1, -0.05) is 22.0 Å². The summed E-state index contributed by atoms with van der Waals surface area (Å²) in [7, 11) is 0. The number of hydrogen-bond donors (Lipinski definition) is 2.